The first-order valence-electron chi connectivity index (χ1n) is 21.6. The van der Waals surface area contributed by atoms with E-state index in [2.05, 4.69) is 140 Å². The standard InChI is InChI=1S/C52H49N7O2/c1-3-4-27-48-53-46-33-32-38(49-44-25-16-26-47(44)61-57(49)2)34-45(46)51(60)58(48)35-36-28-30-37(31-29-36)42-23-14-15-24-43(42)50-54-55-56-59(50)52(39-17-8-5-9-18-39,40-19-10-6-11-20-40)41-21-12-7-13-22-41/h5-15,17-24,28-34,44,47,49H,3-4,16,25-27,35H2,1-2H3/t44-,47+,49+/m0/s1. The summed E-state index contributed by atoms with van der Waals surface area (Å²) in [6, 6.07) is 54.6. The molecule has 2 fully saturated rings. The van der Waals surface area contributed by atoms with Crippen molar-refractivity contribution in [2.45, 2.75) is 69.7 Å². The number of unbranched alkanes of at least 4 members (excludes halogenated alkanes) is 1. The van der Waals surface area contributed by atoms with Crippen molar-refractivity contribution in [1.29, 1.82) is 0 Å². The molecule has 10 rings (SSSR count). The molecule has 0 spiro atoms. The Balaban J connectivity index is 1.03. The van der Waals surface area contributed by atoms with Crippen LogP contribution < -0.4 is 5.56 Å². The minimum Gasteiger partial charge on any atom is -0.295 e. The Kier molecular flexibility index (Phi) is 10.4. The molecule has 6 aromatic carbocycles. The zero-order valence-electron chi connectivity index (χ0n) is 34.6. The van der Waals surface area contributed by atoms with Crippen LogP contribution in [0.1, 0.15) is 78.7 Å². The lowest BCUT2D eigenvalue weighted by atomic mass is 9.77. The highest BCUT2D eigenvalue weighted by Gasteiger charge is 2.45. The molecular weight excluding hydrogens is 755 g/mol. The van der Waals surface area contributed by atoms with Gasteiger partial charge in [0.25, 0.3) is 5.56 Å². The van der Waals surface area contributed by atoms with Crippen LogP contribution >= 0.6 is 0 Å². The molecule has 304 valence electrons. The molecule has 0 N–H and O–H groups in total. The molecule has 0 unspecified atom stereocenters. The highest BCUT2D eigenvalue weighted by Crippen LogP contribution is 2.47. The van der Waals surface area contributed by atoms with Crippen molar-refractivity contribution in [1.82, 2.24) is 34.8 Å². The average molecular weight is 804 g/mol. The maximum Gasteiger partial charge on any atom is 0.261 e. The normalized spacial score (nSPS) is 17.8. The van der Waals surface area contributed by atoms with Gasteiger partial charge in [-0.2, -0.15) is 5.06 Å². The lowest BCUT2D eigenvalue weighted by Crippen LogP contribution is -2.39. The fourth-order valence-electron chi connectivity index (χ4n) is 10.00. The Hall–Kier alpha value is -6.55. The maximum atomic E-state index is 14.5. The van der Waals surface area contributed by atoms with Crippen molar-refractivity contribution < 1.29 is 4.84 Å². The van der Waals surface area contributed by atoms with Gasteiger partial charge in [0, 0.05) is 24.9 Å². The average Bonchev–Trinajstić information content (AvgIpc) is 4.06. The molecule has 1 aliphatic carbocycles. The van der Waals surface area contributed by atoms with E-state index in [0.717, 1.165) is 88.0 Å². The lowest BCUT2D eigenvalue weighted by molar-refractivity contribution is -0.144. The van der Waals surface area contributed by atoms with Crippen molar-refractivity contribution in [2.75, 3.05) is 7.05 Å². The molecule has 2 aliphatic rings. The predicted octanol–water partition coefficient (Wildman–Crippen LogP) is 10.0. The quantitative estimate of drug-likeness (QED) is 0.114. The number of nitrogens with zero attached hydrogens (tertiary/aromatic N) is 7. The topological polar surface area (TPSA) is 91.0 Å². The van der Waals surface area contributed by atoms with Gasteiger partial charge in [-0.25, -0.2) is 9.67 Å². The first-order chi connectivity index (χ1) is 30.0. The monoisotopic (exact) mass is 803 g/mol. The van der Waals surface area contributed by atoms with Crippen molar-refractivity contribution >= 4 is 10.9 Å². The summed E-state index contributed by atoms with van der Waals surface area (Å²) in [4.78, 5) is 25.9. The van der Waals surface area contributed by atoms with Crippen LogP contribution in [0.5, 0.6) is 0 Å². The van der Waals surface area contributed by atoms with Gasteiger partial charge in [0.2, 0.25) is 0 Å². The summed E-state index contributed by atoms with van der Waals surface area (Å²) in [6.07, 6.45) is 6.39. The Bertz CT molecular complexity index is 2740. The van der Waals surface area contributed by atoms with Gasteiger partial charge >= 0.3 is 0 Å². The second-order valence-electron chi connectivity index (χ2n) is 16.5. The summed E-state index contributed by atoms with van der Waals surface area (Å²) >= 11 is 0. The smallest absolute Gasteiger partial charge is 0.261 e. The van der Waals surface area contributed by atoms with Crippen LogP contribution in [0, 0.1) is 5.92 Å². The first kappa shape index (κ1) is 38.6. The van der Waals surface area contributed by atoms with Crippen LogP contribution in [0.2, 0.25) is 0 Å². The summed E-state index contributed by atoms with van der Waals surface area (Å²) in [7, 11) is 2.02. The number of aryl methyl sites for hydroxylation is 1. The number of aromatic nitrogens is 6. The van der Waals surface area contributed by atoms with Crippen LogP contribution in [-0.4, -0.2) is 48.0 Å². The predicted molar refractivity (Wildman–Crippen MR) is 240 cm³/mol. The highest BCUT2D eigenvalue weighted by molar-refractivity contribution is 5.81. The van der Waals surface area contributed by atoms with E-state index in [1.165, 1.54) is 6.42 Å². The van der Waals surface area contributed by atoms with E-state index in [-0.39, 0.29) is 17.7 Å². The van der Waals surface area contributed by atoms with E-state index >= 15 is 0 Å². The third-order valence-corrected chi connectivity index (χ3v) is 12.9. The maximum absolute atomic E-state index is 14.5. The molecule has 1 aliphatic heterocycles. The third kappa shape index (κ3) is 6.88. The summed E-state index contributed by atoms with van der Waals surface area (Å²) in [5.41, 5.74) is 8.07. The fraction of sp³-hybridized carbons (Fsp3) is 0.250. The van der Waals surface area contributed by atoms with Crippen LogP contribution in [0.25, 0.3) is 33.4 Å². The SMILES string of the molecule is CCCCc1nc2ccc([C@@H]3[C@H]4CCC[C@H]4ON3C)cc2c(=O)n1Cc1ccc(-c2ccccc2-c2nnnn2C(c2ccccc2)(c2ccccc2)c2ccccc2)cc1. The molecule has 2 aromatic heterocycles. The zero-order valence-corrected chi connectivity index (χ0v) is 34.6. The lowest BCUT2D eigenvalue weighted by Gasteiger charge is -2.36. The number of tetrazole rings is 1. The van der Waals surface area contributed by atoms with Crippen molar-refractivity contribution in [3.8, 4) is 22.5 Å². The molecule has 9 nitrogen and oxygen atoms in total. The Morgan fingerprint density at radius 1 is 0.738 bits per heavy atom. The second-order valence-corrected chi connectivity index (χ2v) is 16.5. The van der Waals surface area contributed by atoms with E-state index in [1.54, 1.807) is 0 Å². The van der Waals surface area contributed by atoms with Crippen LogP contribution in [-0.2, 0) is 23.3 Å². The summed E-state index contributed by atoms with van der Waals surface area (Å²) in [5, 5.41) is 16.6. The van der Waals surface area contributed by atoms with E-state index < -0.39 is 5.54 Å². The number of hydrogen-bond acceptors (Lipinski definition) is 7. The molecule has 0 amide bonds. The van der Waals surface area contributed by atoms with Crippen LogP contribution in [0.3, 0.4) is 0 Å². The van der Waals surface area contributed by atoms with Gasteiger partial charge in [-0.15, -0.1) is 5.10 Å². The number of rotatable bonds is 12. The van der Waals surface area contributed by atoms with E-state index in [1.807, 2.05) is 51.7 Å². The molecule has 8 aromatic rings. The van der Waals surface area contributed by atoms with Crippen molar-refractivity contribution in [3.05, 3.63) is 202 Å². The summed E-state index contributed by atoms with van der Waals surface area (Å²) in [5.74, 6) is 1.91. The van der Waals surface area contributed by atoms with E-state index in [9.17, 15) is 4.79 Å². The minimum absolute atomic E-state index is 0.00230. The van der Waals surface area contributed by atoms with Gasteiger partial charge in [-0.3, -0.25) is 14.2 Å². The molecule has 3 heterocycles. The summed E-state index contributed by atoms with van der Waals surface area (Å²) < 4.78 is 3.87. The van der Waals surface area contributed by atoms with E-state index in [4.69, 9.17) is 20.1 Å². The molecule has 61 heavy (non-hydrogen) atoms. The van der Waals surface area contributed by atoms with E-state index in [0.29, 0.717) is 23.7 Å². The second kappa shape index (κ2) is 16.5. The molecule has 9 heteroatoms. The molecule has 0 bridgehead atoms. The number of hydrogen-bond donors (Lipinski definition) is 0. The zero-order chi connectivity index (χ0) is 41.3. The van der Waals surface area contributed by atoms with Crippen LogP contribution in [0.4, 0.5) is 0 Å². The molecule has 1 saturated carbocycles. The number of benzene rings is 6. The first-order valence-corrected chi connectivity index (χ1v) is 21.6. The third-order valence-electron chi connectivity index (χ3n) is 12.9. The Morgan fingerprint density at radius 2 is 1.38 bits per heavy atom. The number of fused-ring (bicyclic) bond motifs is 2. The molecule has 3 atom stereocenters. The van der Waals surface area contributed by atoms with Gasteiger partial charge in [0.1, 0.15) is 11.4 Å². The number of hydroxylamine groups is 2. The van der Waals surface area contributed by atoms with Gasteiger partial charge < -0.3 is 0 Å². The molecule has 0 radical (unpaired) electrons. The molecule has 1 saturated heterocycles. The van der Waals surface area contributed by atoms with Gasteiger partial charge in [-0.05, 0) is 80.8 Å². The van der Waals surface area contributed by atoms with Crippen LogP contribution in [0.15, 0.2) is 163 Å². The van der Waals surface area contributed by atoms with Gasteiger partial charge in [-0.1, -0.05) is 165 Å². The largest absolute Gasteiger partial charge is 0.295 e. The Labute approximate surface area is 356 Å². The van der Waals surface area contributed by atoms with Gasteiger partial charge in [0.15, 0.2) is 5.82 Å². The fourth-order valence-corrected chi connectivity index (χ4v) is 10.00. The van der Waals surface area contributed by atoms with Crippen molar-refractivity contribution in [3.63, 3.8) is 0 Å². The Morgan fingerprint density at radius 3 is 2.03 bits per heavy atom. The summed E-state index contributed by atoms with van der Waals surface area (Å²) in [6.45, 7) is 2.60. The minimum atomic E-state index is -0.878. The molecular formula is C52H49N7O2. The highest BCUT2D eigenvalue weighted by atomic mass is 16.7. The van der Waals surface area contributed by atoms with Gasteiger partial charge in [0.05, 0.1) is 29.6 Å². The van der Waals surface area contributed by atoms with Crippen molar-refractivity contribution in [2.24, 2.45) is 5.92 Å².